The van der Waals surface area contributed by atoms with Crippen molar-refractivity contribution in [2.24, 2.45) is 0 Å². The smallest absolute Gasteiger partial charge is 0.150 e. The number of carbonyl (C=O) groups excluding carboxylic acids is 1. The molecular weight excluding hydrogens is 334 g/mol. The van der Waals surface area contributed by atoms with Gasteiger partial charge in [-0.2, -0.15) is 0 Å². The van der Waals surface area contributed by atoms with Crippen molar-refractivity contribution in [1.82, 2.24) is 14.5 Å². The molecule has 2 aliphatic rings. The van der Waals surface area contributed by atoms with Crippen LogP contribution in [-0.4, -0.2) is 33.8 Å². The Hall–Kier alpha value is -2.46. The third-order valence-corrected chi connectivity index (χ3v) is 6.27. The van der Waals surface area contributed by atoms with Crippen LogP contribution in [0.25, 0.3) is 11.0 Å². The normalized spacial score (nSPS) is 19.2. The van der Waals surface area contributed by atoms with Gasteiger partial charge in [-0.15, -0.1) is 0 Å². The maximum Gasteiger partial charge on any atom is 0.150 e. The van der Waals surface area contributed by atoms with Gasteiger partial charge in [0.2, 0.25) is 0 Å². The molecule has 1 unspecified atom stereocenters. The summed E-state index contributed by atoms with van der Waals surface area (Å²) in [7, 11) is 0. The zero-order valence-electron chi connectivity index (χ0n) is 15.8. The fraction of sp³-hybridized carbons (Fsp3) is 0.391. The first-order valence-corrected chi connectivity index (χ1v) is 10.0. The molecule has 4 nitrogen and oxygen atoms in total. The average Bonchev–Trinajstić information content (AvgIpc) is 3.28. The SMILES string of the molecule is Cc1ccc2c(n1)c1c(n2CCc2ccc(C=O)cc2)CCN2CCCC12. The molecule has 27 heavy (non-hydrogen) atoms. The Morgan fingerprint density at radius 1 is 1.15 bits per heavy atom. The minimum atomic E-state index is 0.554. The van der Waals surface area contributed by atoms with Crippen molar-refractivity contribution in [3.05, 3.63) is 64.5 Å². The number of aldehydes is 1. The number of aromatic nitrogens is 2. The van der Waals surface area contributed by atoms with E-state index in [0.717, 1.165) is 36.9 Å². The minimum Gasteiger partial charge on any atom is -0.343 e. The zero-order valence-corrected chi connectivity index (χ0v) is 15.8. The van der Waals surface area contributed by atoms with Crippen LogP contribution in [0, 0.1) is 6.92 Å². The standard InChI is InChI=1S/C23H25N3O/c1-16-4-9-21-23(24-16)22-19-3-2-12-25(19)13-11-20(22)26(21)14-10-17-5-7-18(15-27)8-6-17/h4-9,15,19H,2-3,10-14H2,1H3. The van der Waals surface area contributed by atoms with E-state index in [1.165, 1.54) is 53.8 Å². The van der Waals surface area contributed by atoms with Crippen LogP contribution in [-0.2, 0) is 19.4 Å². The Morgan fingerprint density at radius 2 is 2.00 bits per heavy atom. The molecule has 0 bridgehead atoms. The molecule has 2 aromatic heterocycles. The Labute approximate surface area is 159 Å². The topological polar surface area (TPSA) is 38.1 Å². The van der Waals surface area contributed by atoms with Crippen molar-refractivity contribution in [3.63, 3.8) is 0 Å². The van der Waals surface area contributed by atoms with Crippen LogP contribution in [0.4, 0.5) is 0 Å². The Balaban J connectivity index is 1.54. The molecule has 0 aliphatic carbocycles. The van der Waals surface area contributed by atoms with E-state index in [1.54, 1.807) is 0 Å². The summed E-state index contributed by atoms with van der Waals surface area (Å²) in [6.07, 6.45) is 5.55. The molecule has 1 fully saturated rings. The van der Waals surface area contributed by atoms with Gasteiger partial charge in [0.15, 0.2) is 0 Å². The molecule has 138 valence electrons. The Kier molecular flexibility index (Phi) is 4.09. The van der Waals surface area contributed by atoms with E-state index in [9.17, 15) is 4.79 Å². The van der Waals surface area contributed by atoms with Gasteiger partial charge < -0.3 is 4.57 Å². The number of hydrogen-bond donors (Lipinski definition) is 0. The summed E-state index contributed by atoms with van der Waals surface area (Å²) >= 11 is 0. The van der Waals surface area contributed by atoms with Crippen molar-refractivity contribution >= 4 is 17.3 Å². The highest BCUT2D eigenvalue weighted by Gasteiger charge is 2.35. The molecule has 5 rings (SSSR count). The van der Waals surface area contributed by atoms with Gasteiger partial charge in [0.05, 0.1) is 11.0 Å². The van der Waals surface area contributed by atoms with E-state index >= 15 is 0 Å². The van der Waals surface area contributed by atoms with Gasteiger partial charge in [-0.1, -0.05) is 24.3 Å². The van der Waals surface area contributed by atoms with Crippen molar-refractivity contribution in [2.75, 3.05) is 13.1 Å². The Morgan fingerprint density at radius 3 is 2.81 bits per heavy atom. The van der Waals surface area contributed by atoms with Crippen LogP contribution in [0.5, 0.6) is 0 Å². The van der Waals surface area contributed by atoms with Crippen LogP contribution >= 0.6 is 0 Å². The molecule has 4 heteroatoms. The number of rotatable bonds is 4. The maximum absolute atomic E-state index is 10.9. The number of carbonyl (C=O) groups is 1. The fourth-order valence-corrected chi connectivity index (χ4v) is 4.94. The van der Waals surface area contributed by atoms with Crippen LogP contribution < -0.4 is 0 Å². The molecular formula is C23H25N3O. The molecule has 0 amide bonds. The monoisotopic (exact) mass is 359 g/mol. The highest BCUT2D eigenvalue weighted by atomic mass is 16.1. The van der Waals surface area contributed by atoms with Gasteiger partial charge in [0.25, 0.3) is 0 Å². The zero-order chi connectivity index (χ0) is 18.4. The summed E-state index contributed by atoms with van der Waals surface area (Å²) in [4.78, 5) is 18.5. The lowest BCUT2D eigenvalue weighted by Crippen LogP contribution is -2.31. The minimum absolute atomic E-state index is 0.554. The predicted molar refractivity (Wildman–Crippen MR) is 107 cm³/mol. The molecule has 1 saturated heterocycles. The van der Waals surface area contributed by atoms with E-state index in [-0.39, 0.29) is 0 Å². The van der Waals surface area contributed by atoms with Gasteiger partial charge in [-0.3, -0.25) is 14.7 Å². The lowest BCUT2D eigenvalue weighted by atomic mass is 9.98. The fourth-order valence-electron chi connectivity index (χ4n) is 4.94. The molecule has 0 radical (unpaired) electrons. The highest BCUT2D eigenvalue weighted by Crippen LogP contribution is 2.42. The Bertz CT molecular complexity index is 1000. The largest absolute Gasteiger partial charge is 0.343 e. The number of aryl methyl sites for hydroxylation is 3. The average molecular weight is 359 g/mol. The van der Waals surface area contributed by atoms with Crippen LogP contribution in [0.3, 0.4) is 0 Å². The first-order valence-electron chi connectivity index (χ1n) is 10.0. The van der Waals surface area contributed by atoms with E-state index in [2.05, 4.69) is 40.7 Å². The second-order valence-electron chi connectivity index (χ2n) is 7.89. The van der Waals surface area contributed by atoms with Gasteiger partial charge in [-0.05, 0) is 50.4 Å². The molecule has 0 N–H and O–H groups in total. The summed E-state index contributed by atoms with van der Waals surface area (Å²) < 4.78 is 2.51. The van der Waals surface area contributed by atoms with Gasteiger partial charge >= 0.3 is 0 Å². The van der Waals surface area contributed by atoms with Crippen LogP contribution in [0.15, 0.2) is 36.4 Å². The molecule has 0 saturated carbocycles. The predicted octanol–water partition coefficient (Wildman–Crippen LogP) is 4.09. The van der Waals surface area contributed by atoms with Gasteiger partial charge in [0, 0.05) is 48.1 Å². The van der Waals surface area contributed by atoms with Crippen LogP contribution in [0.1, 0.15) is 51.8 Å². The summed E-state index contributed by atoms with van der Waals surface area (Å²) in [5.74, 6) is 0. The van der Waals surface area contributed by atoms with E-state index in [1.807, 2.05) is 12.1 Å². The number of hydrogen-bond acceptors (Lipinski definition) is 3. The van der Waals surface area contributed by atoms with Crippen molar-refractivity contribution < 1.29 is 4.79 Å². The number of fused-ring (bicyclic) bond motifs is 5. The van der Waals surface area contributed by atoms with E-state index in [4.69, 9.17) is 4.98 Å². The quantitative estimate of drug-likeness (QED) is 0.659. The van der Waals surface area contributed by atoms with Crippen molar-refractivity contribution in [2.45, 2.75) is 45.2 Å². The van der Waals surface area contributed by atoms with Gasteiger partial charge in [0.1, 0.15) is 6.29 Å². The molecule has 4 heterocycles. The summed E-state index contributed by atoms with van der Waals surface area (Å²) in [6.45, 7) is 5.45. The summed E-state index contributed by atoms with van der Waals surface area (Å²) in [5.41, 5.74) is 8.60. The van der Waals surface area contributed by atoms with E-state index in [0.29, 0.717) is 6.04 Å². The lowest BCUT2D eigenvalue weighted by Gasteiger charge is -2.30. The summed E-state index contributed by atoms with van der Waals surface area (Å²) in [5, 5.41) is 0. The second-order valence-corrected chi connectivity index (χ2v) is 7.89. The first-order chi connectivity index (χ1) is 13.2. The second kappa shape index (κ2) is 6.61. The summed E-state index contributed by atoms with van der Waals surface area (Å²) in [6, 6.07) is 12.9. The molecule has 1 atom stereocenters. The van der Waals surface area contributed by atoms with E-state index < -0.39 is 0 Å². The third kappa shape index (κ3) is 2.79. The lowest BCUT2D eigenvalue weighted by molar-refractivity contribution is 0.112. The molecule has 2 aliphatic heterocycles. The maximum atomic E-state index is 10.9. The van der Waals surface area contributed by atoms with Crippen molar-refractivity contribution in [1.29, 1.82) is 0 Å². The molecule has 0 spiro atoms. The number of pyridine rings is 1. The number of nitrogens with zero attached hydrogens (tertiary/aromatic N) is 3. The van der Waals surface area contributed by atoms with Crippen molar-refractivity contribution in [3.8, 4) is 0 Å². The third-order valence-electron chi connectivity index (χ3n) is 6.27. The van der Waals surface area contributed by atoms with Crippen LogP contribution in [0.2, 0.25) is 0 Å². The highest BCUT2D eigenvalue weighted by molar-refractivity contribution is 5.83. The molecule has 1 aromatic carbocycles. The van der Waals surface area contributed by atoms with Gasteiger partial charge in [-0.25, -0.2) is 0 Å². The molecule has 3 aromatic rings. The number of benzene rings is 1. The first kappa shape index (κ1) is 16.7.